The van der Waals surface area contributed by atoms with E-state index in [0.29, 0.717) is 12.3 Å². The van der Waals surface area contributed by atoms with Crippen LogP contribution < -0.4 is 5.32 Å². The first-order chi connectivity index (χ1) is 8.92. The molecule has 0 fully saturated rings. The van der Waals surface area contributed by atoms with E-state index >= 15 is 0 Å². The molecule has 0 saturated heterocycles. The standard InChI is InChI=1S/C14H15N3O/c1-2-5-11(6-3-1)9-13-16-14(18-17-13)12-7-4-8-15-10-12/h1-3,5-7,15H,4,8-10H2. The van der Waals surface area contributed by atoms with Crippen molar-refractivity contribution < 1.29 is 4.52 Å². The monoisotopic (exact) mass is 241 g/mol. The predicted molar refractivity (Wildman–Crippen MR) is 69.0 cm³/mol. The van der Waals surface area contributed by atoms with Gasteiger partial charge in [-0.1, -0.05) is 41.6 Å². The molecule has 92 valence electrons. The molecule has 0 radical (unpaired) electrons. The predicted octanol–water partition coefficient (Wildman–Crippen LogP) is 2.04. The molecule has 4 heteroatoms. The van der Waals surface area contributed by atoms with Crippen LogP contribution in [0.2, 0.25) is 0 Å². The van der Waals surface area contributed by atoms with Crippen LogP contribution in [0.15, 0.2) is 40.9 Å². The molecule has 4 nitrogen and oxygen atoms in total. The minimum Gasteiger partial charge on any atom is -0.334 e. The third-order valence-corrected chi connectivity index (χ3v) is 2.98. The lowest BCUT2D eigenvalue weighted by molar-refractivity contribution is 0.399. The SMILES string of the molecule is C1=C(c2nc(Cc3ccccc3)no2)CNCC1. The van der Waals surface area contributed by atoms with Gasteiger partial charge in [0.1, 0.15) is 0 Å². The molecule has 1 aromatic heterocycles. The van der Waals surface area contributed by atoms with Gasteiger partial charge in [-0.2, -0.15) is 4.98 Å². The van der Waals surface area contributed by atoms with Crippen LogP contribution in [0, 0.1) is 0 Å². The van der Waals surface area contributed by atoms with Crippen LogP contribution in [0.4, 0.5) is 0 Å². The third-order valence-electron chi connectivity index (χ3n) is 2.98. The summed E-state index contributed by atoms with van der Waals surface area (Å²) in [5.74, 6) is 1.39. The zero-order valence-corrected chi connectivity index (χ0v) is 10.1. The van der Waals surface area contributed by atoms with E-state index in [1.807, 2.05) is 18.2 Å². The van der Waals surface area contributed by atoms with Crippen molar-refractivity contribution in [3.8, 4) is 0 Å². The highest BCUT2D eigenvalue weighted by Crippen LogP contribution is 2.15. The summed E-state index contributed by atoms with van der Waals surface area (Å²) in [4.78, 5) is 4.44. The summed E-state index contributed by atoms with van der Waals surface area (Å²) in [5, 5.41) is 7.33. The van der Waals surface area contributed by atoms with Gasteiger partial charge in [-0.05, 0) is 18.5 Å². The largest absolute Gasteiger partial charge is 0.334 e. The highest BCUT2D eigenvalue weighted by atomic mass is 16.5. The first kappa shape index (κ1) is 11.2. The zero-order chi connectivity index (χ0) is 12.2. The average Bonchev–Trinajstić information content (AvgIpc) is 2.89. The molecule has 1 N–H and O–H groups in total. The van der Waals surface area contributed by atoms with E-state index in [1.165, 1.54) is 5.56 Å². The van der Waals surface area contributed by atoms with Crippen LogP contribution in [0.5, 0.6) is 0 Å². The second-order valence-electron chi connectivity index (χ2n) is 4.37. The number of rotatable bonds is 3. The Balaban J connectivity index is 1.75. The van der Waals surface area contributed by atoms with E-state index in [1.54, 1.807) is 0 Å². The smallest absolute Gasteiger partial charge is 0.254 e. The van der Waals surface area contributed by atoms with Crippen LogP contribution in [0.3, 0.4) is 0 Å². The molecule has 2 heterocycles. The van der Waals surface area contributed by atoms with Gasteiger partial charge >= 0.3 is 0 Å². The van der Waals surface area contributed by atoms with Gasteiger partial charge in [-0.25, -0.2) is 0 Å². The van der Waals surface area contributed by atoms with Crippen molar-refractivity contribution in [2.45, 2.75) is 12.8 Å². The van der Waals surface area contributed by atoms with Crippen molar-refractivity contribution in [1.82, 2.24) is 15.5 Å². The van der Waals surface area contributed by atoms with Crippen molar-refractivity contribution in [1.29, 1.82) is 0 Å². The summed E-state index contributed by atoms with van der Waals surface area (Å²) in [6.07, 6.45) is 3.90. The maximum absolute atomic E-state index is 5.31. The van der Waals surface area contributed by atoms with E-state index in [9.17, 15) is 0 Å². The van der Waals surface area contributed by atoms with Crippen molar-refractivity contribution in [2.75, 3.05) is 13.1 Å². The van der Waals surface area contributed by atoms with Crippen LogP contribution in [-0.4, -0.2) is 23.2 Å². The molecule has 1 aliphatic rings. The molecule has 0 aliphatic carbocycles. The maximum Gasteiger partial charge on any atom is 0.254 e. The Hall–Kier alpha value is -1.94. The Kier molecular flexibility index (Phi) is 3.19. The number of nitrogens with one attached hydrogen (secondary N) is 1. The highest BCUT2D eigenvalue weighted by molar-refractivity contribution is 5.60. The van der Waals surface area contributed by atoms with Gasteiger partial charge in [0, 0.05) is 18.5 Å². The van der Waals surface area contributed by atoms with Crippen LogP contribution >= 0.6 is 0 Å². The topological polar surface area (TPSA) is 51.0 Å². The number of nitrogens with zero attached hydrogens (tertiary/aromatic N) is 2. The van der Waals surface area contributed by atoms with E-state index < -0.39 is 0 Å². The van der Waals surface area contributed by atoms with E-state index in [4.69, 9.17) is 4.52 Å². The van der Waals surface area contributed by atoms with Gasteiger partial charge in [0.25, 0.3) is 5.89 Å². The summed E-state index contributed by atoms with van der Waals surface area (Å²) in [5.41, 5.74) is 2.30. The Bertz CT molecular complexity index is 545. The first-order valence-electron chi connectivity index (χ1n) is 6.18. The van der Waals surface area contributed by atoms with Crippen molar-refractivity contribution >= 4 is 5.57 Å². The van der Waals surface area contributed by atoms with Crippen molar-refractivity contribution in [3.63, 3.8) is 0 Å². The van der Waals surface area contributed by atoms with E-state index in [2.05, 4.69) is 33.7 Å². The highest BCUT2D eigenvalue weighted by Gasteiger charge is 2.13. The summed E-state index contributed by atoms with van der Waals surface area (Å²) in [6, 6.07) is 10.2. The molecular formula is C14H15N3O. The van der Waals surface area contributed by atoms with Crippen LogP contribution in [0.25, 0.3) is 5.57 Å². The molecule has 0 unspecified atom stereocenters. The second kappa shape index (κ2) is 5.14. The summed E-state index contributed by atoms with van der Waals surface area (Å²) < 4.78 is 5.31. The van der Waals surface area contributed by atoms with Crippen LogP contribution in [-0.2, 0) is 6.42 Å². The lowest BCUT2D eigenvalue weighted by atomic mass is 10.1. The molecule has 1 aromatic carbocycles. The van der Waals surface area contributed by atoms with Gasteiger partial charge in [0.15, 0.2) is 5.82 Å². The minimum atomic E-state index is 0.646. The van der Waals surface area contributed by atoms with E-state index in [0.717, 1.165) is 30.9 Å². The summed E-state index contributed by atoms with van der Waals surface area (Å²) in [6.45, 7) is 1.83. The molecule has 2 aromatic rings. The first-order valence-corrected chi connectivity index (χ1v) is 6.18. The van der Waals surface area contributed by atoms with Crippen LogP contribution in [0.1, 0.15) is 23.7 Å². The molecule has 18 heavy (non-hydrogen) atoms. The lowest BCUT2D eigenvalue weighted by Crippen LogP contribution is -2.21. The molecule has 3 rings (SSSR count). The quantitative estimate of drug-likeness (QED) is 0.893. The normalized spacial score (nSPS) is 15.4. The zero-order valence-electron chi connectivity index (χ0n) is 10.1. The molecule has 0 bridgehead atoms. The average molecular weight is 241 g/mol. The second-order valence-corrected chi connectivity index (χ2v) is 4.37. The fraction of sp³-hybridized carbons (Fsp3) is 0.286. The molecule has 0 atom stereocenters. The summed E-state index contributed by atoms with van der Waals surface area (Å²) >= 11 is 0. The minimum absolute atomic E-state index is 0.646. The van der Waals surface area contributed by atoms with Crippen molar-refractivity contribution in [2.24, 2.45) is 0 Å². The summed E-state index contributed by atoms with van der Waals surface area (Å²) in [7, 11) is 0. The number of hydrogen-bond donors (Lipinski definition) is 1. The fourth-order valence-corrected chi connectivity index (χ4v) is 2.04. The van der Waals surface area contributed by atoms with Gasteiger partial charge in [-0.3, -0.25) is 0 Å². The number of hydrogen-bond acceptors (Lipinski definition) is 4. The number of aromatic nitrogens is 2. The Labute approximate surface area is 106 Å². The Morgan fingerprint density at radius 1 is 1.22 bits per heavy atom. The Morgan fingerprint density at radius 3 is 2.89 bits per heavy atom. The molecule has 0 amide bonds. The van der Waals surface area contributed by atoms with Gasteiger partial charge < -0.3 is 9.84 Å². The molecule has 0 spiro atoms. The molecular weight excluding hydrogens is 226 g/mol. The van der Waals surface area contributed by atoms with Crippen molar-refractivity contribution in [3.05, 3.63) is 53.7 Å². The lowest BCUT2D eigenvalue weighted by Gasteiger charge is -2.09. The fourth-order valence-electron chi connectivity index (χ4n) is 2.04. The van der Waals surface area contributed by atoms with Gasteiger partial charge in [0.2, 0.25) is 0 Å². The maximum atomic E-state index is 5.31. The third kappa shape index (κ3) is 2.49. The van der Waals surface area contributed by atoms with Gasteiger partial charge in [-0.15, -0.1) is 0 Å². The molecule has 0 saturated carbocycles. The molecule has 1 aliphatic heterocycles. The van der Waals surface area contributed by atoms with Gasteiger partial charge in [0.05, 0.1) is 0 Å². The van der Waals surface area contributed by atoms with E-state index in [-0.39, 0.29) is 0 Å². The Morgan fingerprint density at radius 2 is 2.11 bits per heavy atom. The number of benzene rings is 1.